The van der Waals surface area contributed by atoms with Gasteiger partial charge in [-0.1, -0.05) is 50.6 Å². The second kappa shape index (κ2) is 7.02. The van der Waals surface area contributed by atoms with Crippen LogP contribution in [0.4, 0.5) is 0 Å². The molecule has 4 nitrogen and oxygen atoms in total. The lowest BCUT2D eigenvalue weighted by Gasteiger charge is -2.45. The summed E-state index contributed by atoms with van der Waals surface area (Å²) in [6, 6.07) is 10.3. The topological polar surface area (TPSA) is 35.6 Å². The van der Waals surface area contributed by atoms with E-state index in [9.17, 15) is 4.79 Å². The highest BCUT2D eigenvalue weighted by molar-refractivity contribution is 5.81. The number of nitrogens with zero attached hydrogens (tertiary/aromatic N) is 2. The van der Waals surface area contributed by atoms with Crippen molar-refractivity contribution < 1.29 is 4.79 Å². The zero-order valence-electron chi connectivity index (χ0n) is 14.4. The standard InChI is InChI=1S/C19H29N3O/c1-3-16(2)14-21-11-9-19(10-12-21)20-13-18(23)22(19)15-17-7-5-4-6-8-17/h4-8,16,20H,3,9-15H2,1-2H3. The second-order valence-electron chi connectivity index (χ2n) is 7.16. The van der Waals surface area contributed by atoms with E-state index in [0.29, 0.717) is 6.54 Å². The molecule has 1 aromatic carbocycles. The van der Waals surface area contributed by atoms with Gasteiger partial charge in [0.2, 0.25) is 5.91 Å². The van der Waals surface area contributed by atoms with Gasteiger partial charge in [0.25, 0.3) is 0 Å². The van der Waals surface area contributed by atoms with Gasteiger partial charge in [-0.05, 0) is 24.3 Å². The monoisotopic (exact) mass is 315 g/mol. The maximum atomic E-state index is 12.4. The van der Waals surface area contributed by atoms with Crippen molar-refractivity contribution in [2.24, 2.45) is 5.92 Å². The predicted molar refractivity (Wildman–Crippen MR) is 92.9 cm³/mol. The normalized spacial score (nSPS) is 22.7. The molecule has 0 bridgehead atoms. The van der Waals surface area contributed by atoms with Crippen molar-refractivity contribution >= 4 is 5.91 Å². The van der Waals surface area contributed by atoms with E-state index in [0.717, 1.165) is 38.4 Å². The summed E-state index contributed by atoms with van der Waals surface area (Å²) in [6.07, 6.45) is 3.29. The zero-order chi connectivity index (χ0) is 16.3. The van der Waals surface area contributed by atoms with Gasteiger partial charge in [0.15, 0.2) is 0 Å². The minimum absolute atomic E-state index is 0.126. The molecule has 4 heteroatoms. The van der Waals surface area contributed by atoms with E-state index in [2.05, 4.69) is 41.1 Å². The van der Waals surface area contributed by atoms with Crippen LogP contribution in [0.2, 0.25) is 0 Å². The van der Waals surface area contributed by atoms with Crippen LogP contribution in [0, 0.1) is 5.92 Å². The van der Waals surface area contributed by atoms with E-state index in [1.165, 1.54) is 18.5 Å². The number of hydrogen-bond donors (Lipinski definition) is 1. The van der Waals surface area contributed by atoms with Crippen LogP contribution >= 0.6 is 0 Å². The lowest BCUT2D eigenvalue weighted by atomic mass is 9.94. The number of carbonyl (C=O) groups is 1. The number of likely N-dealkylation sites (tertiary alicyclic amines) is 1. The molecule has 23 heavy (non-hydrogen) atoms. The summed E-state index contributed by atoms with van der Waals surface area (Å²) in [4.78, 5) is 17.1. The molecule has 1 unspecified atom stereocenters. The first-order valence-corrected chi connectivity index (χ1v) is 8.95. The highest BCUT2D eigenvalue weighted by Gasteiger charge is 2.46. The number of piperidine rings is 1. The molecule has 0 aliphatic carbocycles. The van der Waals surface area contributed by atoms with Gasteiger partial charge < -0.3 is 9.80 Å². The predicted octanol–water partition coefficient (Wildman–Crippen LogP) is 2.46. The van der Waals surface area contributed by atoms with Crippen LogP contribution in [0.15, 0.2) is 30.3 Å². The van der Waals surface area contributed by atoms with Crippen molar-refractivity contribution in [1.29, 1.82) is 0 Å². The van der Waals surface area contributed by atoms with Crippen molar-refractivity contribution in [2.45, 2.75) is 45.3 Å². The number of amides is 1. The number of benzene rings is 1. The number of rotatable bonds is 5. The third kappa shape index (κ3) is 3.59. The molecule has 0 aromatic heterocycles. The van der Waals surface area contributed by atoms with Crippen molar-refractivity contribution in [3.05, 3.63) is 35.9 Å². The average Bonchev–Trinajstić information content (AvgIpc) is 2.88. The van der Waals surface area contributed by atoms with Gasteiger partial charge in [0, 0.05) is 26.2 Å². The molecule has 126 valence electrons. The third-order valence-electron chi connectivity index (χ3n) is 5.52. The minimum Gasteiger partial charge on any atom is -0.319 e. The smallest absolute Gasteiger partial charge is 0.238 e. The van der Waals surface area contributed by atoms with E-state index < -0.39 is 0 Å². The molecule has 1 atom stereocenters. The molecule has 2 saturated heterocycles. The summed E-state index contributed by atoms with van der Waals surface area (Å²) >= 11 is 0. The highest BCUT2D eigenvalue weighted by atomic mass is 16.2. The Kier molecular flexibility index (Phi) is 5.02. The Labute approximate surface area is 139 Å². The van der Waals surface area contributed by atoms with Gasteiger partial charge in [-0.2, -0.15) is 0 Å². The van der Waals surface area contributed by atoms with Gasteiger partial charge in [-0.3, -0.25) is 10.1 Å². The van der Waals surface area contributed by atoms with E-state index in [1.54, 1.807) is 0 Å². The Hall–Kier alpha value is -1.39. The lowest BCUT2D eigenvalue weighted by molar-refractivity contribution is -0.132. The van der Waals surface area contributed by atoms with Gasteiger partial charge >= 0.3 is 0 Å². The van der Waals surface area contributed by atoms with Crippen molar-refractivity contribution in [1.82, 2.24) is 15.1 Å². The Bertz CT molecular complexity index is 523. The molecule has 1 N–H and O–H groups in total. The quantitative estimate of drug-likeness (QED) is 0.906. The fourth-order valence-corrected chi connectivity index (χ4v) is 3.80. The number of nitrogens with one attached hydrogen (secondary N) is 1. The van der Waals surface area contributed by atoms with E-state index in [1.807, 2.05) is 18.2 Å². The van der Waals surface area contributed by atoms with Crippen LogP contribution < -0.4 is 5.32 Å². The first kappa shape index (κ1) is 16.5. The van der Waals surface area contributed by atoms with Crippen molar-refractivity contribution in [3.8, 4) is 0 Å². The van der Waals surface area contributed by atoms with Crippen LogP contribution in [-0.2, 0) is 11.3 Å². The molecule has 1 aromatic rings. The van der Waals surface area contributed by atoms with Gasteiger partial charge in [-0.25, -0.2) is 0 Å². The summed E-state index contributed by atoms with van der Waals surface area (Å²) in [7, 11) is 0. The summed E-state index contributed by atoms with van der Waals surface area (Å²) in [5.41, 5.74) is 1.09. The van der Waals surface area contributed by atoms with Crippen molar-refractivity contribution in [2.75, 3.05) is 26.2 Å². The fourth-order valence-electron chi connectivity index (χ4n) is 3.80. The Morgan fingerprint density at radius 2 is 1.91 bits per heavy atom. The molecule has 2 aliphatic heterocycles. The molecule has 2 heterocycles. The summed E-state index contributed by atoms with van der Waals surface area (Å²) < 4.78 is 0. The average molecular weight is 315 g/mol. The Balaban J connectivity index is 1.65. The summed E-state index contributed by atoms with van der Waals surface area (Å²) in [5, 5.41) is 3.53. The van der Waals surface area contributed by atoms with Crippen LogP contribution in [0.25, 0.3) is 0 Å². The fraction of sp³-hybridized carbons (Fsp3) is 0.632. The van der Waals surface area contributed by atoms with Crippen LogP contribution in [0.5, 0.6) is 0 Å². The lowest BCUT2D eigenvalue weighted by Crippen LogP contribution is -2.58. The molecular weight excluding hydrogens is 286 g/mol. The summed E-state index contributed by atoms with van der Waals surface area (Å²) in [5.74, 6) is 0.992. The van der Waals surface area contributed by atoms with Gasteiger partial charge in [-0.15, -0.1) is 0 Å². The first-order chi connectivity index (χ1) is 11.1. The SMILES string of the molecule is CCC(C)CN1CCC2(CC1)NCC(=O)N2Cc1ccccc1. The molecule has 1 amide bonds. The van der Waals surface area contributed by atoms with E-state index >= 15 is 0 Å². The molecule has 1 spiro atoms. The molecule has 3 rings (SSSR count). The summed E-state index contributed by atoms with van der Waals surface area (Å²) in [6.45, 7) is 9.12. The molecule has 0 radical (unpaired) electrons. The molecular formula is C19H29N3O. The zero-order valence-corrected chi connectivity index (χ0v) is 14.4. The van der Waals surface area contributed by atoms with E-state index in [4.69, 9.17) is 0 Å². The second-order valence-corrected chi connectivity index (χ2v) is 7.16. The minimum atomic E-state index is -0.126. The van der Waals surface area contributed by atoms with Crippen LogP contribution in [0.1, 0.15) is 38.7 Å². The maximum absolute atomic E-state index is 12.4. The number of hydrogen-bond acceptors (Lipinski definition) is 3. The van der Waals surface area contributed by atoms with E-state index in [-0.39, 0.29) is 11.6 Å². The largest absolute Gasteiger partial charge is 0.319 e. The Morgan fingerprint density at radius 1 is 1.22 bits per heavy atom. The van der Waals surface area contributed by atoms with Crippen LogP contribution in [-0.4, -0.2) is 47.5 Å². The highest BCUT2D eigenvalue weighted by Crippen LogP contribution is 2.31. The Morgan fingerprint density at radius 3 is 2.57 bits per heavy atom. The number of carbonyl (C=O) groups excluding carboxylic acids is 1. The first-order valence-electron chi connectivity index (χ1n) is 8.95. The maximum Gasteiger partial charge on any atom is 0.238 e. The van der Waals surface area contributed by atoms with Crippen LogP contribution in [0.3, 0.4) is 0 Å². The third-order valence-corrected chi connectivity index (χ3v) is 5.52. The molecule has 0 saturated carbocycles. The van der Waals surface area contributed by atoms with Crippen molar-refractivity contribution in [3.63, 3.8) is 0 Å². The van der Waals surface area contributed by atoms with Gasteiger partial charge in [0.05, 0.1) is 12.2 Å². The molecule has 2 fully saturated rings. The molecule has 2 aliphatic rings. The van der Waals surface area contributed by atoms with Gasteiger partial charge in [0.1, 0.15) is 0 Å².